The molecule has 0 unspecified atom stereocenters. The van der Waals surface area contributed by atoms with Crippen molar-refractivity contribution in [2.75, 3.05) is 25.5 Å². The number of likely N-dealkylation sites (N-methyl/N-ethyl adjacent to an activating group) is 1. The molecule has 0 aromatic heterocycles. The first kappa shape index (κ1) is 16.8. The van der Waals surface area contributed by atoms with E-state index in [-0.39, 0.29) is 19.0 Å². The molecule has 0 radical (unpaired) electrons. The van der Waals surface area contributed by atoms with Crippen LogP contribution in [0.15, 0.2) is 24.3 Å². The summed E-state index contributed by atoms with van der Waals surface area (Å²) in [6.07, 6.45) is 0.657. The molecule has 2 amide bonds. The summed E-state index contributed by atoms with van der Waals surface area (Å²) in [6.45, 7) is 1.82. The number of ether oxygens (including phenoxy) is 1. The predicted molar refractivity (Wildman–Crippen MR) is 83.2 cm³/mol. The molecule has 1 fully saturated rings. The maximum atomic E-state index is 12.3. The van der Waals surface area contributed by atoms with E-state index in [0.29, 0.717) is 24.3 Å². The normalized spacial score (nSPS) is 14.7. The summed E-state index contributed by atoms with van der Waals surface area (Å²) in [6, 6.07) is 6.86. The van der Waals surface area contributed by atoms with Gasteiger partial charge < -0.3 is 20.1 Å². The topological polar surface area (TPSA) is 95.9 Å². The number of rotatable bonds is 7. The van der Waals surface area contributed by atoms with E-state index in [0.717, 1.165) is 0 Å². The van der Waals surface area contributed by atoms with Gasteiger partial charge in [-0.1, -0.05) is 6.07 Å². The fraction of sp³-hybridized carbons (Fsp3) is 0.438. The van der Waals surface area contributed by atoms with E-state index >= 15 is 0 Å². The summed E-state index contributed by atoms with van der Waals surface area (Å²) in [4.78, 5) is 36.9. The minimum Gasteiger partial charge on any atom is -0.497 e. The van der Waals surface area contributed by atoms with Crippen LogP contribution in [-0.4, -0.2) is 48.0 Å². The second-order valence-electron chi connectivity index (χ2n) is 5.49. The molecule has 0 heterocycles. The van der Waals surface area contributed by atoms with Crippen LogP contribution in [0.5, 0.6) is 5.75 Å². The minimum absolute atomic E-state index is 0.179. The van der Waals surface area contributed by atoms with Crippen molar-refractivity contribution >= 4 is 23.5 Å². The lowest BCUT2D eigenvalue weighted by atomic mass is 10.1. The van der Waals surface area contributed by atoms with Crippen LogP contribution >= 0.6 is 0 Å². The van der Waals surface area contributed by atoms with Crippen LogP contribution in [0.25, 0.3) is 0 Å². The highest BCUT2D eigenvalue weighted by Gasteiger charge is 2.58. The molecule has 1 aliphatic rings. The number of nitrogens with zero attached hydrogens (tertiary/aromatic N) is 1. The first-order chi connectivity index (χ1) is 10.9. The van der Waals surface area contributed by atoms with Crippen LogP contribution in [0.4, 0.5) is 5.69 Å². The lowest BCUT2D eigenvalue weighted by molar-refractivity contribution is -0.154. The summed E-state index contributed by atoms with van der Waals surface area (Å²) in [7, 11) is 1.53. The van der Waals surface area contributed by atoms with Crippen molar-refractivity contribution in [1.82, 2.24) is 4.90 Å². The molecule has 124 valence electrons. The lowest BCUT2D eigenvalue weighted by Gasteiger charge is -2.23. The van der Waals surface area contributed by atoms with Gasteiger partial charge in [-0.3, -0.25) is 14.4 Å². The van der Waals surface area contributed by atoms with Crippen LogP contribution in [0.3, 0.4) is 0 Å². The second-order valence-corrected chi connectivity index (χ2v) is 5.49. The smallest absolute Gasteiger partial charge is 0.319 e. The molecular formula is C16H20N2O5. The zero-order valence-electron chi connectivity index (χ0n) is 13.2. The molecule has 0 saturated heterocycles. The Labute approximate surface area is 134 Å². The first-order valence-electron chi connectivity index (χ1n) is 7.39. The number of nitrogens with one attached hydrogen (secondary N) is 1. The largest absolute Gasteiger partial charge is 0.497 e. The van der Waals surface area contributed by atoms with E-state index in [1.54, 1.807) is 31.2 Å². The summed E-state index contributed by atoms with van der Waals surface area (Å²) in [5, 5.41) is 11.9. The van der Waals surface area contributed by atoms with Gasteiger partial charge in [0, 0.05) is 18.3 Å². The number of carbonyl (C=O) groups excluding carboxylic acids is 2. The van der Waals surface area contributed by atoms with Crippen LogP contribution in [-0.2, 0) is 14.4 Å². The molecule has 1 saturated carbocycles. The SMILES string of the molecule is CCN(CC(=O)Nc1cccc(OC)c1)C(=O)C1(C(=O)O)CC1. The monoisotopic (exact) mass is 320 g/mol. The van der Waals surface area contributed by atoms with E-state index in [9.17, 15) is 19.5 Å². The Balaban J connectivity index is 2.00. The van der Waals surface area contributed by atoms with Crippen molar-refractivity contribution in [2.24, 2.45) is 5.41 Å². The van der Waals surface area contributed by atoms with E-state index in [1.165, 1.54) is 12.0 Å². The standard InChI is InChI=1S/C16H20N2O5/c1-3-18(14(20)16(7-8-16)15(21)22)10-13(19)17-11-5-4-6-12(9-11)23-2/h4-6,9H,3,7-8,10H2,1-2H3,(H,17,19)(H,21,22). The maximum Gasteiger partial charge on any atom is 0.319 e. The van der Waals surface area contributed by atoms with Crippen molar-refractivity contribution < 1.29 is 24.2 Å². The van der Waals surface area contributed by atoms with Gasteiger partial charge in [0.2, 0.25) is 11.8 Å². The number of aliphatic carboxylic acids is 1. The van der Waals surface area contributed by atoms with Gasteiger partial charge in [-0.2, -0.15) is 0 Å². The number of methoxy groups -OCH3 is 1. The van der Waals surface area contributed by atoms with Crippen molar-refractivity contribution in [3.8, 4) is 5.75 Å². The van der Waals surface area contributed by atoms with Crippen LogP contribution < -0.4 is 10.1 Å². The summed E-state index contributed by atoms with van der Waals surface area (Å²) >= 11 is 0. The molecule has 1 aromatic carbocycles. The second kappa shape index (κ2) is 6.68. The Morgan fingerprint density at radius 3 is 2.57 bits per heavy atom. The predicted octanol–water partition coefficient (Wildman–Crippen LogP) is 1.35. The Morgan fingerprint density at radius 1 is 1.35 bits per heavy atom. The molecule has 2 rings (SSSR count). The molecule has 1 aromatic rings. The lowest BCUT2D eigenvalue weighted by Crippen LogP contribution is -2.44. The zero-order chi connectivity index (χ0) is 17.0. The molecule has 0 aliphatic heterocycles. The fourth-order valence-electron chi connectivity index (χ4n) is 2.35. The number of hydrogen-bond donors (Lipinski definition) is 2. The third-order valence-corrected chi connectivity index (χ3v) is 3.93. The summed E-state index contributed by atoms with van der Waals surface area (Å²) in [5.74, 6) is -1.38. The third-order valence-electron chi connectivity index (χ3n) is 3.93. The Morgan fingerprint density at radius 2 is 2.04 bits per heavy atom. The van der Waals surface area contributed by atoms with Gasteiger partial charge in [0.25, 0.3) is 0 Å². The summed E-state index contributed by atoms with van der Waals surface area (Å²) < 4.78 is 5.08. The third kappa shape index (κ3) is 3.61. The molecule has 0 atom stereocenters. The molecule has 23 heavy (non-hydrogen) atoms. The first-order valence-corrected chi connectivity index (χ1v) is 7.39. The fourth-order valence-corrected chi connectivity index (χ4v) is 2.35. The molecule has 7 heteroatoms. The quantitative estimate of drug-likeness (QED) is 0.739. The van der Waals surface area contributed by atoms with Gasteiger partial charge in [0.15, 0.2) is 0 Å². The van der Waals surface area contributed by atoms with E-state index in [4.69, 9.17) is 4.74 Å². The van der Waals surface area contributed by atoms with Gasteiger partial charge in [-0.15, -0.1) is 0 Å². The highest BCUT2D eigenvalue weighted by molar-refractivity contribution is 6.06. The number of carboxylic acid groups (broad SMARTS) is 1. The van der Waals surface area contributed by atoms with Gasteiger partial charge in [-0.25, -0.2) is 0 Å². The van der Waals surface area contributed by atoms with Crippen molar-refractivity contribution in [1.29, 1.82) is 0 Å². The van der Waals surface area contributed by atoms with Gasteiger partial charge >= 0.3 is 5.97 Å². The number of hydrogen-bond acceptors (Lipinski definition) is 4. The maximum absolute atomic E-state index is 12.3. The number of carboxylic acids is 1. The molecule has 7 nitrogen and oxygen atoms in total. The van der Waals surface area contributed by atoms with Crippen LogP contribution in [0.2, 0.25) is 0 Å². The van der Waals surface area contributed by atoms with Gasteiger partial charge in [0.1, 0.15) is 11.2 Å². The number of benzene rings is 1. The number of anilines is 1. The molecular weight excluding hydrogens is 300 g/mol. The summed E-state index contributed by atoms with van der Waals surface area (Å²) in [5.41, 5.74) is -0.774. The van der Waals surface area contributed by atoms with Crippen LogP contribution in [0, 0.1) is 5.41 Å². The Kier molecular flexibility index (Phi) is 4.88. The highest BCUT2D eigenvalue weighted by Crippen LogP contribution is 2.47. The minimum atomic E-state index is -1.33. The average Bonchev–Trinajstić information content (AvgIpc) is 3.34. The average molecular weight is 320 g/mol. The molecule has 1 aliphatic carbocycles. The molecule has 2 N–H and O–H groups in total. The van der Waals surface area contributed by atoms with Gasteiger partial charge in [-0.05, 0) is 31.9 Å². The van der Waals surface area contributed by atoms with E-state index in [2.05, 4.69) is 5.32 Å². The Hall–Kier alpha value is -2.57. The molecule has 0 bridgehead atoms. The number of amides is 2. The van der Waals surface area contributed by atoms with Gasteiger partial charge in [0.05, 0.1) is 13.7 Å². The van der Waals surface area contributed by atoms with Crippen molar-refractivity contribution in [3.05, 3.63) is 24.3 Å². The van der Waals surface area contributed by atoms with E-state index in [1.807, 2.05) is 0 Å². The number of carbonyl (C=O) groups is 3. The zero-order valence-corrected chi connectivity index (χ0v) is 13.2. The van der Waals surface area contributed by atoms with Crippen molar-refractivity contribution in [3.63, 3.8) is 0 Å². The van der Waals surface area contributed by atoms with Crippen molar-refractivity contribution in [2.45, 2.75) is 19.8 Å². The van der Waals surface area contributed by atoms with Crippen LogP contribution in [0.1, 0.15) is 19.8 Å². The molecule has 0 spiro atoms. The Bertz CT molecular complexity index is 625. The van der Waals surface area contributed by atoms with E-state index < -0.39 is 17.3 Å². The highest BCUT2D eigenvalue weighted by atomic mass is 16.5.